The van der Waals surface area contributed by atoms with E-state index in [1.54, 1.807) is 0 Å². The van der Waals surface area contributed by atoms with Crippen LogP contribution in [0.5, 0.6) is 0 Å². The molecule has 116 valence electrons. The molecule has 1 aromatic carbocycles. The molecule has 1 N–H and O–H groups in total. The van der Waals surface area contributed by atoms with Crippen molar-refractivity contribution >= 4 is 10.8 Å². The molecule has 4 atom stereocenters. The Hall–Kier alpha value is -0.670. The minimum atomic E-state index is -0.880. The Balaban J connectivity index is 2.06. The molecule has 1 aromatic rings. The van der Waals surface area contributed by atoms with Crippen molar-refractivity contribution in [2.45, 2.75) is 75.1 Å². The first-order chi connectivity index (χ1) is 9.79. The topological polar surface area (TPSA) is 29.1 Å². The van der Waals surface area contributed by atoms with Crippen LogP contribution in [-0.4, -0.2) is 15.5 Å². The van der Waals surface area contributed by atoms with Crippen molar-refractivity contribution in [2.75, 3.05) is 0 Å². The molecule has 2 nitrogen and oxygen atoms in total. The highest BCUT2D eigenvalue weighted by Crippen LogP contribution is 2.41. The van der Waals surface area contributed by atoms with Crippen LogP contribution in [0.25, 0.3) is 0 Å². The molecule has 0 amide bonds. The highest BCUT2D eigenvalue weighted by Gasteiger charge is 2.39. The lowest BCUT2D eigenvalue weighted by Crippen LogP contribution is -2.40. The van der Waals surface area contributed by atoms with E-state index < -0.39 is 10.8 Å². The second-order valence-corrected chi connectivity index (χ2v) is 9.56. The van der Waals surface area contributed by atoms with Crippen LogP contribution >= 0.6 is 0 Å². The van der Waals surface area contributed by atoms with Crippen molar-refractivity contribution in [3.05, 3.63) is 29.3 Å². The monoisotopic (exact) mass is 305 g/mol. The third-order valence-electron chi connectivity index (χ3n) is 5.02. The Morgan fingerprint density at radius 1 is 1.19 bits per heavy atom. The molecule has 0 bridgehead atoms. The van der Waals surface area contributed by atoms with Gasteiger partial charge in [-0.15, -0.1) is 0 Å². The fourth-order valence-electron chi connectivity index (χ4n) is 3.14. The van der Waals surface area contributed by atoms with E-state index in [0.29, 0.717) is 18.0 Å². The van der Waals surface area contributed by atoms with E-state index in [1.165, 1.54) is 24.0 Å². The minimum absolute atomic E-state index is 0.132. The summed E-state index contributed by atoms with van der Waals surface area (Å²) in [6.07, 6.45) is 2.57. The van der Waals surface area contributed by atoms with Gasteiger partial charge in [0.1, 0.15) is 0 Å². The molecule has 1 saturated carbocycles. The van der Waals surface area contributed by atoms with Gasteiger partial charge in [-0.25, -0.2) is 0 Å². The lowest BCUT2D eigenvalue weighted by Gasteiger charge is -2.37. The summed E-state index contributed by atoms with van der Waals surface area (Å²) in [5.41, 5.74) is 2.74. The van der Waals surface area contributed by atoms with Gasteiger partial charge in [0.15, 0.2) is 0 Å². The lowest BCUT2D eigenvalue weighted by molar-refractivity contribution is 0.363. The number of hydrogen-bond acceptors (Lipinski definition) is 2. The number of fused-ring (bicyclic) bond motifs is 1. The van der Waals surface area contributed by atoms with Crippen LogP contribution in [0, 0.1) is 5.92 Å². The molecule has 0 aromatic heterocycles. The largest absolute Gasteiger partial charge is 0.307 e. The maximum Gasteiger partial charge on any atom is 0.0564 e. The van der Waals surface area contributed by atoms with Gasteiger partial charge in [-0.05, 0) is 41.4 Å². The maximum absolute atomic E-state index is 12.7. The van der Waals surface area contributed by atoms with Gasteiger partial charge in [-0.2, -0.15) is 0 Å². The molecule has 0 spiro atoms. The molecule has 1 aliphatic carbocycles. The highest BCUT2D eigenvalue weighted by molar-refractivity contribution is 7.85. The zero-order valence-electron chi connectivity index (χ0n) is 13.8. The van der Waals surface area contributed by atoms with E-state index in [-0.39, 0.29) is 10.7 Å². The summed E-state index contributed by atoms with van der Waals surface area (Å²) in [5.74, 6) is 0.411. The summed E-state index contributed by atoms with van der Waals surface area (Å²) in [4.78, 5) is 1.05. The Labute approximate surface area is 131 Å². The number of benzene rings is 1. The van der Waals surface area contributed by atoms with Gasteiger partial charge in [0.2, 0.25) is 0 Å². The smallest absolute Gasteiger partial charge is 0.0564 e. The first kappa shape index (κ1) is 15.2. The molecular weight excluding hydrogens is 278 g/mol. The molecule has 0 saturated heterocycles. The Kier molecular flexibility index (Phi) is 3.77. The van der Waals surface area contributed by atoms with Crippen LogP contribution in [0.2, 0.25) is 0 Å². The summed E-state index contributed by atoms with van der Waals surface area (Å²) in [6.45, 7) is 11.1. The third kappa shape index (κ3) is 2.83. The van der Waals surface area contributed by atoms with E-state index in [4.69, 9.17) is 0 Å². The third-order valence-corrected chi connectivity index (χ3v) is 6.93. The molecule has 2 aliphatic rings. The molecule has 1 heterocycles. The van der Waals surface area contributed by atoms with Gasteiger partial charge in [0.05, 0.1) is 10.8 Å². The predicted octanol–water partition coefficient (Wildman–Crippen LogP) is 3.92. The van der Waals surface area contributed by atoms with Crippen LogP contribution in [0.15, 0.2) is 23.1 Å². The van der Waals surface area contributed by atoms with Gasteiger partial charge >= 0.3 is 0 Å². The van der Waals surface area contributed by atoms with Crippen molar-refractivity contribution < 1.29 is 4.21 Å². The number of rotatable bonds is 2. The van der Waals surface area contributed by atoms with Gasteiger partial charge in [-0.3, -0.25) is 4.21 Å². The Morgan fingerprint density at radius 3 is 2.43 bits per heavy atom. The van der Waals surface area contributed by atoms with Gasteiger partial charge in [-0.1, -0.05) is 46.8 Å². The Bertz CT molecular complexity index is 571. The first-order valence-electron chi connectivity index (χ1n) is 8.10. The summed E-state index contributed by atoms with van der Waals surface area (Å²) < 4.78 is 12.7. The standard InChI is InChI=1S/C18H27NOS/c1-11-12(2)21(20)16-9-6-13(18(3,4)5)10-15(16)17(11)19-14-7-8-14/h6,9-12,14,17,19H,7-8H2,1-5H3. The van der Waals surface area contributed by atoms with Crippen LogP contribution in [0.4, 0.5) is 0 Å². The second-order valence-electron chi connectivity index (χ2n) is 7.78. The predicted molar refractivity (Wildman–Crippen MR) is 89.1 cm³/mol. The quantitative estimate of drug-likeness (QED) is 0.897. The zero-order chi connectivity index (χ0) is 15.4. The number of hydrogen-bond donors (Lipinski definition) is 1. The van der Waals surface area contributed by atoms with Crippen LogP contribution in [0.3, 0.4) is 0 Å². The first-order valence-corrected chi connectivity index (χ1v) is 9.31. The van der Waals surface area contributed by atoms with Gasteiger partial charge < -0.3 is 5.32 Å². The van der Waals surface area contributed by atoms with Crippen LogP contribution in [0.1, 0.15) is 64.6 Å². The highest BCUT2D eigenvalue weighted by atomic mass is 32.2. The lowest BCUT2D eigenvalue weighted by atomic mass is 9.83. The van der Waals surface area contributed by atoms with Crippen molar-refractivity contribution in [3.8, 4) is 0 Å². The SMILES string of the molecule is CC1C(NC2CC2)c2cc(C(C)(C)C)ccc2S(=O)C1C. The molecule has 4 unspecified atom stereocenters. The molecule has 21 heavy (non-hydrogen) atoms. The van der Waals surface area contributed by atoms with Crippen LogP contribution in [-0.2, 0) is 16.2 Å². The van der Waals surface area contributed by atoms with Crippen molar-refractivity contribution in [2.24, 2.45) is 5.92 Å². The van der Waals surface area contributed by atoms with E-state index >= 15 is 0 Å². The van der Waals surface area contributed by atoms with E-state index in [0.717, 1.165) is 4.90 Å². The summed E-state index contributed by atoms with van der Waals surface area (Å²) in [7, 11) is -0.880. The average molecular weight is 305 g/mol. The van der Waals surface area contributed by atoms with E-state index in [9.17, 15) is 4.21 Å². The minimum Gasteiger partial charge on any atom is -0.307 e. The average Bonchev–Trinajstić information content (AvgIpc) is 3.23. The number of nitrogens with one attached hydrogen (secondary N) is 1. The molecule has 1 aliphatic heterocycles. The van der Waals surface area contributed by atoms with Gasteiger partial charge in [0, 0.05) is 22.2 Å². The van der Waals surface area contributed by atoms with E-state index in [2.05, 4.69) is 58.1 Å². The molecular formula is C18H27NOS. The van der Waals surface area contributed by atoms with Gasteiger partial charge in [0.25, 0.3) is 0 Å². The zero-order valence-corrected chi connectivity index (χ0v) is 14.6. The Morgan fingerprint density at radius 2 is 1.86 bits per heavy atom. The normalized spacial score (nSPS) is 32.8. The fraction of sp³-hybridized carbons (Fsp3) is 0.667. The summed E-state index contributed by atoms with van der Waals surface area (Å²) >= 11 is 0. The second kappa shape index (κ2) is 5.20. The van der Waals surface area contributed by atoms with Crippen molar-refractivity contribution in [3.63, 3.8) is 0 Å². The maximum atomic E-state index is 12.7. The molecule has 3 heteroatoms. The van der Waals surface area contributed by atoms with Crippen molar-refractivity contribution in [1.82, 2.24) is 5.32 Å². The fourth-order valence-corrected chi connectivity index (χ4v) is 4.70. The molecule has 1 fully saturated rings. The van der Waals surface area contributed by atoms with Crippen LogP contribution < -0.4 is 5.32 Å². The summed E-state index contributed by atoms with van der Waals surface area (Å²) in [6, 6.07) is 7.59. The van der Waals surface area contributed by atoms with Crippen molar-refractivity contribution in [1.29, 1.82) is 0 Å². The van der Waals surface area contributed by atoms with E-state index in [1.807, 2.05) is 0 Å². The molecule has 0 radical (unpaired) electrons. The summed E-state index contributed by atoms with van der Waals surface area (Å²) in [5, 5.41) is 4.01. The molecule has 3 rings (SSSR count).